The number of hydrogen-bond donors (Lipinski definition) is 0. The van der Waals surface area contributed by atoms with E-state index in [1.165, 1.54) is 0 Å². The molecule has 0 saturated carbocycles. The van der Waals surface area contributed by atoms with Crippen molar-refractivity contribution in [3.05, 3.63) is 0 Å². The van der Waals surface area contributed by atoms with Crippen molar-refractivity contribution < 1.29 is 21.1 Å². The zero-order chi connectivity index (χ0) is 0. The van der Waals surface area contributed by atoms with E-state index in [-0.39, 0.29) is 216 Å². The summed E-state index contributed by atoms with van der Waals surface area (Å²) in [6, 6.07) is 0. The van der Waals surface area contributed by atoms with Gasteiger partial charge in [0.15, 0.2) is 0 Å². The SMILES string of the molecule is [Mo].[SbH].[SbH].[Sb].[Sb].[Sb].[Sb].[Sb].[Sb]. The van der Waals surface area contributed by atoms with Gasteiger partial charge in [-0.2, -0.15) is 0 Å². The fraction of sp³-hybridized carbons (Fsp3) is 0. The van der Waals surface area contributed by atoms with Crippen LogP contribution in [-0.4, -0.2) is 195 Å². The summed E-state index contributed by atoms with van der Waals surface area (Å²) in [5, 5.41) is 0. The average molecular weight is 1070 g/mol. The summed E-state index contributed by atoms with van der Waals surface area (Å²) in [5.74, 6) is 0. The van der Waals surface area contributed by atoms with Crippen LogP contribution < -0.4 is 0 Å². The molecule has 0 bridgehead atoms. The molecule has 0 aliphatic carbocycles. The van der Waals surface area contributed by atoms with E-state index in [9.17, 15) is 0 Å². The van der Waals surface area contributed by atoms with Gasteiger partial charge < -0.3 is 0 Å². The Morgan fingerprint density at radius 2 is 0.333 bits per heavy atom. The first-order chi connectivity index (χ1) is 0. The molecule has 48 valence electrons. The molecular formula is H2MoSb8. The Labute approximate surface area is 210 Å². The van der Waals surface area contributed by atoms with Gasteiger partial charge in [0, 0.05) is 168 Å². The Bertz CT molecular complexity index is 4.53. The molecule has 9 heteroatoms. The van der Waals surface area contributed by atoms with Gasteiger partial charge in [-0.3, -0.25) is 0 Å². The molecule has 0 aromatic carbocycles. The standard InChI is InChI=1S/Mo.8Sb.2H. The molecule has 22 radical (unpaired) electrons. The first kappa shape index (κ1) is 72.0. The minimum absolute atomic E-state index is 0. The van der Waals surface area contributed by atoms with Crippen LogP contribution >= 0.6 is 0 Å². The maximum atomic E-state index is 0. The predicted molar refractivity (Wildman–Crippen MR) is 48.8 cm³/mol. The minimum Gasteiger partial charge on any atom is 0 e. The molecule has 0 aromatic rings. The molecular weight excluding hydrogens is 1070 g/mol. The second kappa shape index (κ2) is 59.0. The minimum atomic E-state index is 0. The van der Waals surface area contributed by atoms with Crippen LogP contribution in [0.3, 0.4) is 0 Å². The Balaban J connectivity index is 0. The van der Waals surface area contributed by atoms with Crippen molar-refractivity contribution in [1.29, 1.82) is 0 Å². The van der Waals surface area contributed by atoms with E-state index in [4.69, 9.17) is 0 Å². The van der Waals surface area contributed by atoms with Crippen LogP contribution in [0.25, 0.3) is 0 Å². The van der Waals surface area contributed by atoms with Crippen molar-refractivity contribution >= 4 is 195 Å². The van der Waals surface area contributed by atoms with E-state index in [1.54, 1.807) is 0 Å². The quantitative estimate of drug-likeness (QED) is 0.221. The van der Waals surface area contributed by atoms with Gasteiger partial charge in [0.05, 0.1) is 0 Å². The maximum absolute atomic E-state index is 0. The zero-order valence-electron chi connectivity index (χ0n) is 4.09. The van der Waals surface area contributed by atoms with Crippen LogP contribution in [0.4, 0.5) is 0 Å². The van der Waals surface area contributed by atoms with Crippen molar-refractivity contribution in [3.63, 3.8) is 0 Å². The molecule has 0 nitrogen and oxygen atoms in total. The largest absolute Gasteiger partial charge is 0 e. The molecule has 0 N–H and O–H groups in total. The van der Waals surface area contributed by atoms with Crippen molar-refractivity contribution in [2.45, 2.75) is 0 Å². The summed E-state index contributed by atoms with van der Waals surface area (Å²) in [5.41, 5.74) is 0. The normalized spacial score (nSPS) is 0. The number of rotatable bonds is 0. The van der Waals surface area contributed by atoms with Gasteiger partial charge in [0.25, 0.3) is 0 Å². The van der Waals surface area contributed by atoms with Gasteiger partial charge in [0.1, 0.15) is 0 Å². The number of hydrogen-bond acceptors (Lipinski definition) is 0. The van der Waals surface area contributed by atoms with Gasteiger partial charge in [-0.1, -0.05) is 0 Å². The van der Waals surface area contributed by atoms with Gasteiger partial charge >= 0.3 is 48.9 Å². The smallest absolute Gasteiger partial charge is 0 e. The van der Waals surface area contributed by atoms with Crippen LogP contribution in [0.5, 0.6) is 0 Å². The third-order valence-corrected chi connectivity index (χ3v) is 0. The third-order valence-electron chi connectivity index (χ3n) is 0. The molecule has 0 saturated heterocycles. The summed E-state index contributed by atoms with van der Waals surface area (Å²) in [4.78, 5) is 0. The van der Waals surface area contributed by atoms with E-state index in [2.05, 4.69) is 0 Å². The predicted octanol–water partition coefficient (Wildman–Crippen LogP) is -3.58. The monoisotopic (exact) mass is 1070 g/mol. The third kappa shape index (κ3) is 51.0. The van der Waals surface area contributed by atoms with Crippen LogP contribution in [0.2, 0.25) is 0 Å². The van der Waals surface area contributed by atoms with Crippen LogP contribution in [0.15, 0.2) is 0 Å². The molecule has 0 heterocycles. The van der Waals surface area contributed by atoms with E-state index in [0.717, 1.165) is 0 Å². The molecule has 0 fully saturated rings. The Morgan fingerprint density at radius 3 is 0.333 bits per heavy atom. The maximum Gasteiger partial charge on any atom is 0 e. The molecule has 0 unspecified atom stereocenters. The second-order valence-corrected chi connectivity index (χ2v) is 0. The van der Waals surface area contributed by atoms with E-state index >= 15 is 0 Å². The summed E-state index contributed by atoms with van der Waals surface area (Å²) in [7, 11) is 0. The first-order valence-electron chi connectivity index (χ1n) is 0. The van der Waals surface area contributed by atoms with Crippen molar-refractivity contribution in [2.24, 2.45) is 0 Å². The summed E-state index contributed by atoms with van der Waals surface area (Å²) >= 11 is 0. The summed E-state index contributed by atoms with van der Waals surface area (Å²) in [6.07, 6.45) is 0. The van der Waals surface area contributed by atoms with Crippen LogP contribution in [0, 0.1) is 0 Å². The van der Waals surface area contributed by atoms with Crippen LogP contribution in [0.1, 0.15) is 0 Å². The molecule has 0 aliphatic rings. The van der Waals surface area contributed by atoms with Crippen molar-refractivity contribution in [2.75, 3.05) is 0 Å². The summed E-state index contributed by atoms with van der Waals surface area (Å²) < 4.78 is 0. The molecule has 0 spiro atoms. The zero-order valence-corrected chi connectivity index (χ0v) is 27.1. The van der Waals surface area contributed by atoms with E-state index in [1.807, 2.05) is 0 Å². The average Bonchev–Trinajstić information content (AvgIpc) is 0. The van der Waals surface area contributed by atoms with E-state index in [0.29, 0.717) is 0 Å². The van der Waals surface area contributed by atoms with Gasteiger partial charge in [-0.25, -0.2) is 0 Å². The molecule has 0 aliphatic heterocycles. The Hall–Kier alpha value is 7.23. The van der Waals surface area contributed by atoms with Crippen LogP contribution in [-0.2, 0) is 21.1 Å². The Kier molecular flexibility index (Phi) is 472. The van der Waals surface area contributed by atoms with Gasteiger partial charge in [-0.15, -0.1) is 0 Å². The second-order valence-electron chi connectivity index (χ2n) is 0. The van der Waals surface area contributed by atoms with Crippen molar-refractivity contribution in [3.8, 4) is 0 Å². The van der Waals surface area contributed by atoms with Gasteiger partial charge in [-0.05, 0) is 0 Å². The first-order valence-corrected chi connectivity index (χ1v) is 0. The topological polar surface area (TPSA) is 0 Å². The molecule has 0 amide bonds. The fourth-order valence-electron chi connectivity index (χ4n) is 0. The molecule has 9 heavy (non-hydrogen) atoms. The fourth-order valence-corrected chi connectivity index (χ4v) is 0. The molecule has 0 rings (SSSR count). The van der Waals surface area contributed by atoms with Crippen molar-refractivity contribution in [1.82, 2.24) is 0 Å². The Morgan fingerprint density at radius 1 is 0.333 bits per heavy atom. The molecule has 0 aromatic heterocycles. The van der Waals surface area contributed by atoms with E-state index < -0.39 is 0 Å². The summed E-state index contributed by atoms with van der Waals surface area (Å²) in [6.45, 7) is 0. The van der Waals surface area contributed by atoms with Gasteiger partial charge in [0.2, 0.25) is 0 Å². The molecule has 0 atom stereocenters.